The molecule has 6 heterocycles. The first kappa shape index (κ1) is 40.5. The molecule has 2 saturated heterocycles. The van der Waals surface area contributed by atoms with Gasteiger partial charge in [-0.1, -0.05) is 0 Å². The SMILES string of the molecule is O.O=C([O-])C(O)[C@H]1O[C@@H](n2cnc3c(=O)[nH]cnc32)[C@H](O)[C@@H]1O.O=C([O-])C(O)[C@H]1O[C@@H](n2cnc3c(=O)[nH]cnc32)[C@H](O)[C@@H]1O.[Na+].[Na+]. The Hall–Kier alpha value is -2.72. The summed E-state index contributed by atoms with van der Waals surface area (Å²) in [5.41, 5.74) is -0.910. The van der Waals surface area contributed by atoms with Gasteiger partial charge in [0.05, 0.1) is 37.2 Å². The number of carboxylic acids is 2. The van der Waals surface area contributed by atoms with Crippen molar-refractivity contribution < 1.29 is 125 Å². The number of carbonyl (C=O) groups is 2. The molecule has 2 unspecified atom stereocenters. The zero-order valence-electron chi connectivity index (χ0n) is 24.2. The molecule has 4 aromatic rings. The number of carboxylic acid groups (broad SMARTS) is 2. The summed E-state index contributed by atoms with van der Waals surface area (Å²) in [6, 6.07) is 0. The van der Waals surface area contributed by atoms with Gasteiger partial charge < -0.3 is 75.4 Å². The van der Waals surface area contributed by atoms with Crippen molar-refractivity contribution in [2.75, 3.05) is 0 Å². The van der Waals surface area contributed by atoms with Gasteiger partial charge in [0, 0.05) is 0 Å². The minimum absolute atomic E-state index is 0. The van der Waals surface area contributed by atoms with E-state index in [0.29, 0.717) is 0 Å². The van der Waals surface area contributed by atoms with E-state index in [0.717, 1.165) is 25.3 Å². The van der Waals surface area contributed by atoms with Gasteiger partial charge in [0.2, 0.25) is 0 Å². The second kappa shape index (κ2) is 16.1. The van der Waals surface area contributed by atoms with Crippen LogP contribution in [-0.4, -0.2) is 136 Å². The Kier molecular flexibility index (Phi) is 13.9. The first-order valence-electron chi connectivity index (χ1n) is 12.4. The number of aliphatic hydroxyl groups is 6. The van der Waals surface area contributed by atoms with Crippen molar-refractivity contribution >= 4 is 34.3 Å². The summed E-state index contributed by atoms with van der Waals surface area (Å²) >= 11 is 0. The molecule has 2 fully saturated rings. The fourth-order valence-corrected chi connectivity index (χ4v) is 4.72. The summed E-state index contributed by atoms with van der Waals surface area (Å²) < 4.78 is 12.7. The van der Waals surface area contributed by atoms with Gasteiger partial charge in [0.15, 0.2) is 34.8 Å². The van der Waals surface area contributed by atoms with Gasteiger partial charge in [0.1, 0.15) is 48.8 Å². The zero-order valence-corrected chi connectivity index (χ0v) is 28.2. The number of imidazole rings is 2. The summed E-state index contributed by atoms with van der Waals surface area (Å²) in [7, 11) is 0. The van der Waals surface area contributed by atoms with E-state index in [1.165, 1.54) is 9.13 Å². The van der Waals surface area contributed by atoms with Crippen LogP contribution in [0, 0.1) is 0 Å². The Morgan fingerprint density at radius 2 is 1.04 bits per heavy atom. The molecule has 25 heteroatoms. The fourth-order valence-electron chi connectivity index (χ4n) is 4.72. The molecule has 0 bridgehead atoms. The molecule has 2 aliphatic rings. The average molecular weight is 686 g/mol. The second-order valence-corrected chi connectivity index (χ2v) is 9.58. The molecule has 10 atom stereocenters. The molecule has 0 aromatic carbocycles. The predicted octanol–water partition coefficient (Wildman–Crippen LogP) is -15.1. The number of hydrogen-bond acceptors (Lipinski definition) is 18. The number of H-pyrrole nitrogens is 2. The van der Waals surface area contributed by atoms with E-state index in [4.69, 9.17) is 9.47 Å². The largest absolute Gasteiger partial charge is 1.00 e. The number of fused-ring (bicyclic) bond motifs is 2. The van der Waals surface area contributed by atoms with Crippen LogP contribution in [0.4, 0.5) is 0 Å². The summed E-state index contributed by atoms with van der Waals surface area (Å²) in [6.07, 6.45) is -11.9. The molecule has 0 amide bonds. The van der Waals surface area contributed by atoms with Crippen LogP contribution in [-0.2, 0) is 19.1 Å². The minimum Gasteiger partial charge on any atom is -0.547 e. The standard InChI is InChI=1S/2C11H12N4O7.2Na.H2O/c2*16-4-5(17)10(22-7(4)6(18)11(20)21)15-2-14-3-8(15)12-1-13-9(3)19;;;/h2*1-2,4-7,10,16-18H,(H,20,21)(H,12,13,19);;;1H2/q;;2*+1;/p-2/t2*4-,5+,6?,7-,10+;;;/m00.../s1. The number of hydrogen-bond donors (Lipinski definition) is 8. The average Bonchev–Trinajstić information content (AvgIpc) is 3.75. The van der Waals surface area contributed by atoms with Crippen molar-refractivity contribution in [3.05, 3.63) is 46.0 Å². The van der Waals surface area contributed by atoms with Gasteiger partial charge in [-0.25, -0.2) is 19.9 Å². The molecule has 47 heavy (non-hydrogen) atoms. The molecular weight excluding hydrogens is 662 g/mol. The molecule has 10 N–H and O–H groups in total. The number of ether oxygens (including phenoxy) is 2. The topological polar surface area (TPSA) is 379 Å². The molecule has 23 nitrogen and oxygen atoms in total. The van der Waals surface area contributed by atoms with Crippen molar-refractivity contribution in [1.82, 2.24) is 39.0 Å². The summed E-state index contributed by atoms with van der Waals surface area (Å²) in [6.45, 7) is 0. The quantitative estimate of drug-likeness (QED) is 0.0872. The van der Waals surface area contributed by atoms with Crippen LogP contribution in [0.5, 0.6) is 0 Å². The maximum atomic E-state index is 11.6. The second-order valence-electron chi connectivity index (χ2n) is 9.58. The molecule has 0 saturated carbocycles. The van der Waals surface area contributed by atoms with Crippen molar-refractivity contribution in [1.29, 1.82) is 0 Å². The number of nitrogens with zero attached hydrogens (tertiary/aromatic N) is 6. The monoisotopic (exact) mass is 686 g/mol. The molecule has 0 radical (unpaired) electrons. The molecular formula is C22H24N8Na2O15. The number of aromatic amines is 2. The minimum atomic E-state index is -2.12. The molecule has 244 valence electrons. The Morgan fingerprint density at radius 3 is 1.36 bits per heavy atom. The van der Waals surface area contributed by atoms with Gasteiger partial charge in [-0.05, 0) is 0 Å². The van der Waals surface area contributed by atoms with Crippen LogP contribution in [0.25, 0.3) is 22.3 Å². The van der Waals surface area contributed by atoms with Crippen molar-refractivity contribution in [2.24, 2.45) is 0 Å². The van der Waals surface area contributed by atoms with Gasteiger partial charge >= 0.3 is 59.1 Å². The predicted molar refractivity (Wildman–Crippen MR) is 134 cm³/mol. The molecule has 6 rings (SSSR count). The first-order valence-corrected chi connectivity index (χ1v) is 12.4. The Labute approximate surface area is 303 Å². The van der Waals surface area contributed by atoms with Crippen LogP contribution in [0.3, 0.4) is 0 Å². The number of aliphatic hydroxyl groups excluding tert-OH is 6. The third kappa shape index (κ3) is 7.48. The van der Waals surface area contributed by atoms with Crippen LogP contribution >= 0.6 is 0 Å². The Morgan fingerprint density at radius 1 is 0.702 bits per heavy atom. The maximum absolute atomic E-state index is 11.6. The maximum Gasteiger partial charge on any atom is 1.00 e. The number of aromatic nitrogens is 8. The molecule has 0 spiro atoms. The number of nitrogens with one attached hydrogen (secondary N) is 2. The fraction of sp³-hybridized carbons (Fsp3) is 0.455. The van der Waals surface area contributed by atoms with E-state index in [1.54, 1.807) is 0 Å². The summed E-state index contributed by atoms with van der Waals surface area (Å²) in [5, 5.41) is 79.9. The van der Waals surface area contributed by atoms with E-state index in [-0.39, 0.29) is 86.9 Å². The number of aliphatic carboxylic acids is 2. The van der Waals surface area contributed by atoms with Crippen LogP contribution < -0.4 is 80.4 Å². The van der Waals surface area contributed by atoms with E-state index in [2.05, 4.69) is 29.9 Å². The van der Waals surface area contributed by atoms with Crippen molar-refractivity contribution in [2.45, 2.75) is 61.3 Å². The van der Waals surface area contributed by atoms with Crippen molar-refractivity contribution in [3.8, 4) is 0 Å². The third-order valence-corrected chi connectivity index (χ3v) is 6.93. The first-order chi connectivity index (χ1) is 20.8. The Bertz CT molecular complexity index is 1690. The zero-order chi connectivity index (χ0) is 32.0. The molecule has 2 aliphatic heterocycles. The van der Waals surface area contributed by atoms with Gasteiger partial charge in [-0.2, -0.15) is 0 Å². The number of rotatable bonds is 6. The van der Waals surface area contributed by atoms with E-state index >= 15 is 0 Å². The summed E-state index contributed by atoms with van der Waals surface area (Å²) in [5.74, 6) is -3.69. The van der Waals surface area contributed by atoms with Crippen molar-refractivity contribution in [3.63, 3.8) is 0 Å². The van der Waals surface area contributed by atoms with E-state index in [1.807, 2.05) is 0 Å². The van der Waals surface area contributed by atoms with Gasteiger partial charge in [0.25, 0.3) is 11.1 Å². The van der Waals surface area contributed by atoms with Crippen LogP contribution in [0.1, 0.15) is 12.5 Å². The van der Waals surface area contributed by atoms with Gasteiger partial charge in [-0.15, -0.1) is 0 Å². The van der Waals surface area contributed by atoms with E-state index in [9.17, 15) is 60.0 Å². The smallest absolute Gasteiger partial charge is 0.547 e. The third-order valence-electron chi connectivity index (χ3n) is 6.93. The number of carbonyl (C=O) groups excluding carboxylic acids is 2. The summed E-state index contributed by atoms with van der Waals surface area (Å²) in [4.78, 5) is 64.5. The molecule has 4 aromatic heterocycles. The van der Waals surface area contributed by atoms with Crippen LogP contribution in [0.15, 0.2) is 34.9 Å². The Balaban J connectivity index is 0.000000307. The van der Waals surface area contributed by atoms with Crippen LogP contribution in [0.2, 0.25) is 0 Å². The van der Waals surface area contributed by atoms with E-state index < -0.39 is 84.3 Å². The van der Waals surface area contributed by atoms with Gasteiger partial charge in [-0.3, -0.25) is 18.7 Å². The normalized spacial score (nSPS) is 27.9. The molecule has 0 aliphatic carbocycles.